The van der Waals surface area contributed by atoms with Crippen molar-refractivity contribution in [2.45, 2.75) is 16.8 Å². The van der Waals surface area contributed by atoms with Gasteiger partial charge in [0.2, 0.25) is 5.91 Å². The van der Waals surface area contributed by atoms with E-state index in [-0.39, 0.29) is 0 Å². The Balaban J connectivity index is 1.69. The van der Waals surface area contributed by atoms with Gasteiger partial charge in [0.05, 0.1) is 17.1 Å². The van der Waals surface area contributed by atoms with Crippen LogP contribution in [0, 0.1) is 11.3 Å². The van der Waals surface area contributed by atoms with E-state index in [1.165, 1.54) is 9.47 Å². The van der Waals surface area contributed by atoms with Gasteiger partial charge < -0.3 is 4.90 Å². The number of hydrogen-bond acceptors (Lipinski definition) is 5. The summed E-state index contributed by atoms with van der Waals surface area (Å²) in [6.07, 6.45) is 0. The molecule has 144 valence electrons. The Morgan fingerprint density at radius 1 is 1.14 bits per heavy atom. The van der Waals surface area contributed by atoms with Gasteiger partial charge in [-0.3, -0.25) is 19.1 Å². The van der Waals surface area contributed by atoms with Crippen LogP contribution in [0.15, 0.2) is 48.5 Å². The van der Waals surface area contributed by atoms with Gasteiger partial charge in [-0.15, -0.1) is 11.6 Å². The first-order valence-electron chi connectivity index (χ1n) is 9.10. The average Bonchev–Trinajstić information content (AvgIpc) is 3.22. The molecule has 2 aliphatic rings. The number of imidazole rings is 1. The van der Waals surface area contributed by atoms with E-state index in [4.69, 9.17) is 11.6 Å². The number of β-lactam (4-membered cyclic amide) rings is 1. The van der Waals surface area contributed by atoms with E-state index >= 15 is 0 Å². The highest BCUT2D eigenvalue weighted by atomic mass is 35.5. The molecule has 1 fully saturated rings. The van der Waals surface area contributed by atoms with Gasteiger partial charge in [-0.05, 0) is 36.4 Å². The van der Waals surface area contributed by atoms with Gasteiger partial charge in [0, 0.05) is 25.5 Å². The Morgan fingerprint density at radius 3 is 2.48 bits per heavy atom. The summed E-state index contributed by atoms with van der Waals surface area (Å²) in [7, 11) is 3.83. The maximum Gasteiger partial charge on any atom is 0.262 e. The maximum absolute atomic E-state index is 13.6. The van der Waals surface area contributed by atoms with Crippen molar-refractivity contribution in [2.24, 2.45) is 0 Å². The second-order valence-electron chi connectivity index (χ2n) is 7.43. The number of fused-ring (bicyclic) bond motifs is 3. The number of halogens is 1. The van der Waals surface area contributed by atoms with Gasteiger partial charge in [0.1, 0.15) is 17.1 Å². The number of anilines is 2. The molecule has 3 atom stereocenters. The molecule has 0 aliphatic carbocycles. The minimum absolute atomic E-state index is 0.326. The summed E-state index contributed by atoms with van der Waals surface area (Å²) in [4.78, 5) is 34.2. The summed E-state index contributed by atoms with van der Waals surface area (Å²) in [6, 6.07) is 16.6. The normalized spacial score (nSPS) is 25.2. The third-order valence-corrected chi connectivity index (χ3v) is 6.30. The van der Waals surface area contributed by atoms with Crippen LogP contribution in [0.5, 0.6) is 0 Å². The van der Waals surface area contributed by atoms with Crippen LogP contribution in [-0.4, -0.2) is 46.4 Å². The molecule has 29 heavy (non-hydrogen) atoms. The van der Waals surface area contributed by atoms with Gasteiger partial charge in [0.15, 0.2) is 5.54 Å². The SMILES string of the molecule is CN(C)c1ccc(N2C(=O)C(Cl)C23C(=O)n2c(nc4ccccc42)C3C#N)cc1. The molecule has 1 aromatic heterocycles. The number of carbonyl (C=O) groups is 2. The second-order valence-corrected chi connectivity index (χ2v) is 7.87. The van der Waals surface area contributed by atoms with Crippen molar-refractivity contribution in [3.05, 3.63) is 54.4 Å². The molecule has 0 saturated carbocycles. The highest BCUT2D eigenvalue weighted by Crippen LogP contribution is 2.53. The molecule has 5 rings (SSSR count). The summed E-state index contributed by atoms with van der Waals surface area (Å²) in [6.45, 7) is 0. The van der Waals surface area contributed by atoms with Crippen molar-refractivity contribution >= 4 is 45.8 Å². The van der Waals surface area contributed by atoms with E-state index in [0.717, 1.165) is 5.69 Å². The molecular weight excluding hydrogens is 390 g/mol. The number of para-hydroxylation sites is 2. The first-order chi connectivity index (χ1) is 13.9. The zero-order chi connectivity index (χ0) is 20.5. The predicted octanol–water partition coefficient (Wildman–Crippen LogP) is 2.76. The van der Waals surface area contributed by atoms with Gasteiger partial charge in [-0.2, -0.15) is 5.26 Å². The number of carbonyl (C=O) groups excluding carboxylic acids is 2. The predicted molar refractivity (Wildman–Crippen MR) is 109 cm³/mol. The first-order valence-corrected chi connectivity index (χ1v) is 9.54. The fourth-order valence-corrected chi connectivity index (χ4v) is 4.77. The summed E-state index contributed by atoms with van der Waals surface area (Å²) in [5.74, 6) is -1.43. The molecular formula is C21H16ClN5O2. The highest BCUT2D eigenvalue weighted by Gasteiger charge is 2.73. The number of nitrogens with zero attached hydrogens (tertiary/aromatic N) is 5. The molecule has 7 nitrogen and oxygen atoms in total. The number of benzene rings is 2. The molecule has 3 unspecified atom stereocenters. The Labute approximate surface area is 171 Å². The molecule has 3 heterocycles. The number of alkyl halides is 1. The Bertz CT molecular complexity index is 1230. The lowest BCUT2D eigenvalue weighted by molar-refractivity contribution is -0.125. The summed E-state index contributed by atoms with van der Waals surface area (Å²) in [5, 5.41) is 8.85. The molecule has 2 aliphatic heterocycles. The zero-order valence-electron chi connectivity index (χ0n) is 15.7. The van der Waals surface area contributed by atoms with Crippen LogP contribution in [0.25, 0.3) is 11.0 Å². The van der Waals surface area contributed by atoms with E-state index in [1.54, 1.807) is 30.3 Å². The number of nitriles is 1. The van der Waals surface area contributed by atoms with Gasteiger partial charge in [-0.1, -0.05) is 12.1 Å². The van der Waals surface area contributed by atoms with E-state index in [2.05, 4.69) is 11.1 Å². The van der Waals surface area contributed by atoms with E-state index < -0.39 is 28.6 Å². The molecule has 0 N–H and O–H groups in total. The lowest BCUT2D eigenvalue weighted by Crippen LogP contribution is -2.77. The topological polar surface area (TPSA) is 82.2 Å². The third-order valence-electron chi connectivity index (χ3n) is 5.78. The summed E-state index contributed by atoms with van der Waals surface area (Å²) in [5.41, 5.74) is 1.22. The molecule has 8 heteroatoms. The molecule has 2 aromatic carbocycles. The van der Waals surface area contributed by atoms with Crippen LogP contribution < -0.4 is 9.80 Å². The third kappa shape index (κ3) is 1.99. The molecule has 3 aromatic rings. The molecule has 1 saturated heterocycles. The zero-order valence-corrected chi connectivity index (χ0v) is 16.5. The maximum atomic E-state index is 13.6. The van der Waals surface area contributed by atoms with Crippen molar-refractivity contribution in [2.75, 3.05) is 23.9 Å². The van der Waals surface area contributed by atoms with Crippen LogP contribution in [0.4, 0.5) is 11.4 Å². The van der Waals surface area contributed by atoms with Gasteiger partial charge in [0.25, 0.3) is 5.91 Å². The van der Waals surface area contributed by atoms with Crippen LogP contribution in [0.3, 0.4) is 0 Å². The first kappa shape index (κ1) is 17.7. The molecule has 1 spiro atoms. The highest BCUT2D eigenvalue weighted by molar-refractivity contribution is 6.42. The van der Waals surface area contributed by atoms with Crippen molar-refractivity contribution in [3.63, 3.8) is 0 Å². The van der Waals surface area contributed by atoms with Crippen molar-refractivity contribution in [1.82, 2.24) is 9.55 Å². The van der Waals surface area contributed by atoms with Crippen molar-refractivity contribution in [3.8, 4) is 6.07 Å². The number of hydrogen-bond donors (Lipinski definition) is 0. The van der Waals surface area contributed by atoms with Crippen LogP contribution in [-0.2, 0) is 4.79 Å². The monoisotopic (exact) mass is 405 g/mol. The van der Waals surface area contributed by atoms with Crippen molar-refractivity contribution in [1.29, 1.82) is 5.26 Å². The van der Waals surface area contributed by atoms with Gasteiger partial charge in [-0.25, -0.2) is 4.98 Å². The fraction of sp³-hybridized carbons (Fsp3) is 0.238. The molecule has 1 amide bonds. The molecule has 0 bridgehead atoms. The van der Waals surface area contributed by atoms with Crippen LogP contribution in [0.1, 0.15) is 16.5 Å². The quantitative estimate of drug-likeness (QED) is 0.483. The Hall–Kier alpha value is -3.37. The Kier molecular flexibility index (Phi) is 3.55. The van der Waals surface area contributed by atoms with Crippen LogP contribution >= 0.6 is 11.6 Å². The van der Waals surface area contributed by atoms with Crippen LogP contribution in [0.2, 0.25) is 0 Å². The lowest BCUT2D eigenvalue weighted by Gasteiger charge is -2.52. The second kappa shape index (κ2) is 5.82. The molecule has 0 radical (unpaired) electrons. The Morgan fingerprint density at radius 2 is 1.83 bits per heavy atom. The number of rotatable bonds is 2. The van der Waals surface area contributed by atoms with E-state index in [9.17, 15) is 14.9 Å². The van der Waals surface area contributed by atoms with E-state index in [1.807, 2.05) is 37.2 Å². The fourth-order valence-electron chi connectivity index (χ4n) is 4.36. The number of amides is 1. The average molecular weight is 406 g/mol. The standard InChI is InChI=1S/C21H16ClN5O2/c1-25(2)12-7-9-13(10-8-12)27-19(28)17(22)21(27)14(11-23)18-24-15-5-3-4-6-16(15)26(18)20(21)29/h3-10,14,17H,1-2H3. The summed E-state index contributed by atoms with van der Waals surface area (Å²) >= 11 is 6.44. The van der Waals surface area contributed by atoms with E-state index in [0.29, 0.717) is 22.5 Å². The minimum Gasteiger partial charge on any atom is -0.378 e. The largest absolute Gasteiger partial charge is 0.378 e. The van der Waals surface area contributed by atoms with Crippen molar-refractivity contribution < 1.29 is 9.59 Å². The summed E-state index contributed by atoms with van der Waals surface area (Å²) < 4.78 is 1.44. The minimum atomic E-state index is -1.50. The number of aromatic nitrogens is 2. The smallest absolute Gasteiger partial charge is 0.262 e. The lowest BCUT2D eigenvalue weighted by atomic mass is 9.73. The van der Waals surface area contributed by atoms with Gasteiger partial charge >= 0.3 is 0 Å².